The number of nitrogens with two attached hydrogens (primary N) is 1. The van der Waals surface area contributed by atoms with Crippen molar-refractivity contribution in [3.63, 3.8) is 0 Å². The zero-order valence-corrected chi connectivity index (χ0v) is 11.9. The Balaban J connectivity index is 1.84. The lowest BCUT2D eigenvalue weighted by atomic mass is 9.95. The third-order valence-corrected chi connectivity index (χ3v) is 3.75. The van der Waals surface area contributed by atoms with Crippen LogP contribution in [0.1, 0.15) is 19.3 Å². The van der Waals surface area contributed by atoms with Gasteiger partial charge in [0, 0.05) is 18.3 Å². The van der Waals surface area contributed by atoms with E-state index in [4.69, 9.17) is 5.73 Å². The van der Waals surface area contributed by atoms with E-state index in [0.717, 1.165) is 44.5 Å². The fourth-order valence-corrected chi connectivity index (χ4v) is 2.74. The Morgan fingerprint density at radius 2 is 2.19 bits per heavy atom. The quantitative estimate of drug-likeness (QED) is 0.873. The first-order valence-electron chi connectivity index (χ1n) is 7.26. The van der Waals surface area contributed by atoms with E-state index in [1.165, 1.54) is 6.07 Å². The molecule has 1 fully saturated rings. The monoisotopic (exact) mass is 297 g/mol. The highest BCUT2D eigenvalue weighted by Gasteiger charge is 2.21. The van der Waals surface area contributed by atoms with Crippen LogP contribution < -0.4 is 11.1 Å². The number of carbonyl (C=O) groups excluding carboxylic acids is 1. The molecule has 2 rings (SSSR count). The predicted molar refractivity (Wildman–Crippen MR) is 77.8 cm³/mol. The molecule has 1 unspecified atom stereocenters. The molecule has 0 radical (unpaired) electrons. The van der Waals surface area contributed by atoms with Gasteiger partial charge in [-0.05, 0) is 50.4 Å². The summed E-state index contributed by atoms with van der Waals surface area (Å²) in [7, 11) is 0. The Morgan fingerprint density at radius 1 is 1.38 bits per heavy atom. The smallest absolute Gasteiger partial charge is 0.238 e. The summed E-state index contributed by atoms with van der Waals surface area (Å²) in [4.78, 5) is 14.0. The summed E-state index contributed by atoms with van der Waals surface area (Å²) in [5.41, 5.74) is 5.84. The molecule has 6 heteroatoms. The van der Waals surface area contributed by atoms with Crippen molar-refractivity contribution in [2.75, 3.05) is 31.5 Å². The Hall–Kier alpha value is -1.53. The molecule has 1 aliphatic rings. The lowest BCUT2D eigenvalue weighted by Gasteiger charge is -2.32. The maximum Gasteiger partial charge on any atom is 0.238 e. The zero-order chi connectivity index (χ0) is 15.2. The average Bonchev–Trinajstić information content (AvgIpc) is 2.43. The minimum atomic E-state index is -0.964. The highest BCUT2D eigenvalue weighted by atomic mass is 19.2. The van der Waals surface area contributed by atoms with Crippen molar-refractivity contribution in [1.82, 2.24) is 4.90 Å². The van der Waals surface area contributed by atoms with Crippen LogP contribution in [0.25, 0.3) is 0 Å². The molecule has 116 valence electrons. The summed E-state index contributed by atoms with van der Waals surface area (Å²) >= 11 is 0. The van der Waals surface area contributed by atoms with Gasteiger partial charge in [-0.1, -0.05) is 0 Å². The number of piperidine rings is 1. The van der Waals surface area contributed by atoms with E-state index in [-0.39, 0.29) is 18.1 Å². The second kappa shape index (κ2) is 7.47. The Kier molecular flexibility index (Phi) is 5.64. The van der Waals surface area contributed by atoms with Crippen molar-refractivity contribution < 1.29 is 13.6 Å². The van der Waals surface area contributed by atoms with Crippen LogP contribution in [0.15, 0.2) is 18.2 Å². The average molecular weight is 297 g/mol. The number of hydrogen-bond acceptors (Lipinski definition) is 3. The van der Waals surface area contributed by atoms with Crippen LogP contribution in [-0.2, 0) is 4.79 Å². The molecule has 0 aliphatic carbocycles. The second-order valence-corrected chi connectivity index (χ2v) is 5.50. The van der Waals surface area contributed by atoms with E-state index in [0.29, 0.717) is 12.5 Å². The lowest BCUT2D eigenvalue weighted by molar-refractivity contribution is -0.117. The molecule has 1 saturated heterocycles. The second-order valence-electron chi connectivity index (χ2n) is 5.50. The molecule has 1 aliphatic heterocycles. The highest BCUT2D eigenvalue weighted by molar-refractivity contribution is 5.92. The van der Waals surface area contributed by atoms with Crippen molar-refractivity contribution in [2.24, 2.45) is 11.7 Å². The van der Waals surface area contributed by atoms with Crippen LogP contribution in [-0.4, -0.2) is 37.0 Å². The molecule has 0 aromatic heterocycles. The normalized spacial score (nSPS) is 19.5. The number of likely N-dealkylation sites (tertiary alicyclic amines) is 1. The van der Waals surface area contributed by atoms with Gasteiger partial charge in [0.1, 0.15) is 0 Å². The van der Waals surface area contributed by atoms with E-state index in [1.807, 2.05) is 0 Å². The van der Waals surface area contributed by atoms with Gasteiger partial charge in [-0.25, -0.2) is 8.78 Å². The number of carbonyl (C=O) groups is 1. The molecule has 1 amide bonds. The Bertz CT molecular complexity index is 494. The molecule has 1 aromatic carbocycles. The van der Waals surface area contributed by atoms with E-state index < -0.39 is 11.6 Å². The number of halogens is 2. The fourth-order valence-electron chi connectivity index (χ4n) is 2.74. The molecule has 1 aromatic rings. The van der Waals surface area contributed by atoms with Gasteiger partial charge < -0.3 is 11.1 Å². The molecular weight excluding hydrogens is 276 g/mol. The summed E-state index contributed by atoms with van der Waals surface area (Å²) in [6, 6.07) is 3.34. The van der Waals surface area contributed by atoms with Crippen LogP contribution in [0.2, 0.25) is 0 Å². The van der Waals surface area contributed by atoms with E-state index in [1.54, 1.807) is 0 Å². The zero-order valence-electron chi connectivity index (χ0n) is 11.9. The number of nitrogens with zero attached hydrogens (tertiary/aromatic N) is 1. The van der Waals surface area contributed by atoms with Gasteiger partial charge in [0.15, 0.2) is 11.6 Å². The predicted octanol–water partition coefficient (Wildman–Crippen LogP) is 1.96. The summed E-state index contributed by atoms with van der Waals surface area (Å²) in [6.07, 6.45) is 3.18. The van der Waals surface area contributed by atoms with E-state index in [9.17, 15) is 13.6 Å². The van der Waals surface area contributed by atoms with Gasteiger partial charge in [-0.2, -0.15) is 0 Å². The van der Waals surface area contributed by atoms with Crippen LogP contribution in [0, 0.1) is 17.6 Å². The van der Waals surface area contributed by atoms with Gasteiger partial charge in [0.25, 0.3) is 0 Å². The molecule has 0 bridgehead atoms. The number of anilines is 1. The number of benzene rings is 1. The van der Waals surface area contributed by atoms with Crippen LogP contribution in [0.5, 0.6) is 0 Å². The molecule has 21 heavy (non-hydrogen) atoms. The van der Waals surface area contributed by atoms with Crippen molar-refractivity contribution in [3.8, 4) is 0 Å². The molecule has 1 atom stereocenters. The highest BCUT2D eigenvalue weighted by Crippen LogP contribution is 2.19. The van der Waals surface area contributed by atoms with Crippen molar-refractivity contribution in [3.05, 3.63) is 29.8 Å². The third-order valence-electron chi connectivity index (χ3n) is 3.75. The molecule has 0 saturated carbocycles. The molecule has 1 heterocycles. The topological polar surface area (TPSA) is 58.4 Å². The Labute approximate surface area is 123 Å². The van der Waals surface area contributed by atoms with Crippen molar-refractivity contribution in [2.45, 2.75) is 19.3 Å². The van der Waals surface area contributed by atoms with Crippen molar-refractivity contribution >= 4 is 11.6 Å². The van der Waals surface area contributed by atoms with E-state index >= 15 is 0 Å². The van der Waals surface area contributed by atoms with Crippen LogP contribution in [0.4, 0.5) is 14.5 Å². The van der Waals surface area contributed by atoms with Gasteiger partial charge in [-0.3, -0.25) is 9.69 Å². The van der Waals surface area contributed by atoms with Crippen LogP contribution in [0.3, 0.4) is 0 Å². The van der Waals surface area contributed by atoms with Gasteiger partial charge in [0.2, 0.25) is 5.91 Å². The first kappa shape index (κ1) is 15.9. The summed E-state index contributed by atoms with van der Waals surface area (Å²) in [6.45, 7) is 2.67. The number of nitrogens with one attached hydrogen (secondary N) is 1. The summed E-state index contributed by atoms with van der Waals surface area (Å²) < 4.78 is 25.9. The molecule has 0 spiro atoms. The molecule has 3 N–H and O–H groups in total. The first-order chi connectivity index (χ1) is 10.1. The largest absolute Gasteiger partial charge is 0.330 e. The summed E-state index contributed by atoms with van der Waals surface area (Å²) in [5, 5.41) is 2.59. The lowest BCUT2D eigenvalue weighted by Crippen LogP contribution is -2.40. The van der Waals surface area contributed by atoms with E-state index in [2.05, 4.69) is 10.2 Å². The van der Waals surface area contributed by atoms with Gasteiger partial charge in [-0.15, -0.1) is 0 Å². The maximum atomic E-state index is 13.1. The van der Waals surface area contributed by atoms with Gasteiger partial charge in [0.05, 0.1) is 6.54 Å². The SMILES string of the molecule is NCCC1CCCN(CC(=O)Nc2ccc(F)c(F)c2)C1. The van der Waals surface area contributed by atoms with Gasteiger partial charge >= 0.3 is 0 Å². The first-order valence-corrected chi connectivity index (χ1v) is 7.26. The minimum absolute atomic E-state index is 0.214. The number of rotatable bonds is 5. The van der Waals surface area contributed by atoms with Crippen molar-refractivity contribution in [1.29, 1.82) is 0 Å². The fraction of sp³-hybridized carbons (Fsp3) is 0.533. The molecular formula is C15H21F2N3O. The third kappa shape index (κ3) is 4.75. The van der Waals surface area contributed by atoms with Crippen LogP contribution >= 0.6 is 0 Å². The Morgan fingerprint density at radius 3 is 2.90 bits per heavy atom. The summed E-state index contributed by atoms with van der Waals surface area (Å²) in [5.74, 6) is -1.56. The number of hydrogen-bond donors (Lipinski definition) is 2. The number of amides is 1. The maximum absolute atomic E-state index is 13.1. The minimum Gasteiger partial charge on any atom is -0.330 e. The molecule has 4 nitrogen and oxygen atoms in total. The standard InChI is InChI=1S/C15H21F2N3O/c16-13-4-3-12(8-14(13)17)19-15(21)10-20-7-1-2-11(9-20)5-6-18/h3-4,8,11H,1-2,5-7,9-10,18H2,(H,19,21).